The maximum absolute atomic E-state index is 13.7. The molecule has 1 saturated carbocycles. The topological polar surface area (TPSA) is 167 Å². The number of aromatic nitrogens is 4. The van der Waals surface area contributed by atoms with Crippen LogP contribution in [0.5, 0.6) is 0 Å². The highest BCUT2D eigenvalue weighted by Crippen LogP contribution is 2.48. The number of phosphoric acid groups is 1. The Balaban J connectivity index is 1.14. The number of benzene rings is 2. The smallest absolute Gasteiger partial charge is 0.368 e. The Hall–Kier alpha value is -4.29. The van der Waals surface area contributed by atoms with Gasteiger partial charge in [-0.1, -0.05) is 60.7 Å². The van der Waals surface area contributed by atoms with Gasteiger partial charge in [0.2, 0.25) is 5.95 Å². The van der Waals surface area contributed by atoms with Gasteiger partial charge < -0.3 is 20.1 Å². The van der Waals surface area contributed by atoms with Crippen molar-refractivity contribution in [3.63, 3.8) is 0 Å². The summed E-state index contributed by atoms with van der Waals surface area (Å²) in [5.74, 6) is -0.493. The van der Waals surface area contributed by atoms with Gasteiger partial charge in [-0.15, -0.1) is 0 Å². The molecule has 1 unspecified atom stereocenters. The molecule has 2 aliphatic carbocycles. The Morgan fingerprint density at radius 2 is 1.84 bits per heavy atom. The molecule has 0 amide bonds. The van der Waals surface area contributed by atoms with Gasteiger partial charge in [-0.05, 0) is 43.9 Å². The lowest BCUT2D eigenvalue weighted by Gasteiger charge is -2.39. The predicted octanol–water partition coefficient (Wildman–Crippen LogP) is 4.74. The van der Waals surface area contributed by atoms with E-state index in [2.05, 4.69) is 20.3 Å². The maximum Gasteiger partial charge on any atom is 0.529 e. The number of fused-ring (bicyclic) bond motifs is 1. The van der Waals surface area contributed by atoms with Crippen LogP contribution in [-0.2, 0) is 28.8 Å². The first-order valence-corrected chi connectivity index (χ1v) is 15.8. The number of anilines is 3. The van der Waals surface area contributed by atoms with Gasteiger partial charge in [0.15, 0.2) is 22.5 Å². The number of carbonyl (C=O) groups excluding carboxylic acids is 1. The highest BCUT2D eigenvalue weighted by atomic mass is 31.2. The second-order valence-corrected chi connectivity index (χ2v) is 12.4. The Bertz CT molecular complexity index is 1720. The molecule has 44 heavy (non-hydrogen) atoms. The standard InChI is InChI=1S/C30H34N7O6P/c1-30(21-9-5-3-6-10-21,37(41-2)23-11-7-4-8-12-23)28(38)43-44(39,40)42-18-20-13-16-24(17-20)36-19-32-25-26(33-22-14-15-22)34-29(31)35-27(25)36/h3-13,16,19-20,22,24H,14-15,17-18H2,1-2H3,(H,39,40)(H3,31,33,34,35)/t20-,24+,30-/m1/s1. The van der Waals surface area contributed by atoms with E-state index in [4.69, 9.17) is 19.6 Å². The molecular weight excluding hydrogens is 585 g/mol. The number of nitrogens with two attached hydrogens (primary N) is 1. The molecule has 0 aliphatic heterocycles. The number of carbonyl (C=O) groups is 1. The molecule has 2 aromatic heterocycles. The lowest BCUT2D eigenvalue weighted by Crippen LogP contribution is -2.50. The average Bonchev–Trinajstić information content (AvgIpc) is 3.53. The quantitative estimate of drug-likeness (QED) is 0.113. The van der Waals surface area contributed by atoms with Crippen LogP contribution in [0.1, 0.15) is 37.8 Å². The molecule has 0 bridgehead atoms. The molecule has 2 heterocycles. The van der Waals surface area contributed by atoms with Gasteiger partial charge in [-0.2, -0.15) is 9.97 Å². The normalized spacial score (nSPS) is 20.6. The Morgan fingerprint density at radius 3 is 2.52 bits per heavy atom. The zero-order valence-electron chi connectivity index (χ0n) is 24.3. The number of rotatable bonds is 12. The fourth-order valence-corrected chi connectivity index (χ4v) is 6.20. The molecule has 0 spiro atoms. The molecule has 1 fully saturated rings. The lowest BCUT2D eigenvalue weighted by atomic mass is 9.91. The van der Waals surface area contributed by atoms with Crippen LogP contribution in [-0.4, -0.2) is 50.1 Å². The largest absolute Gasteiger partial charge is 0.529 e. The van der Waals surface area contributed by atoms with E-state index >= 15 is 0 Å². The van der Waals surface area contributed by atoms with Gasteiger partial charge in [0.25, 0.3) is 0 Å². The van der Waals surface area contributed by atoms with Gasteiger partial charge in [0.05, 0.1) is 31.8 Å². The number of phosphoric ester groups is 1. The summed E-state index contributed by atoms with van der Waals surface area (Å²) in [6.07, 6.45) is 8.23. The number of nitrogens with one attached hydrogen (secondary N) is 1. The Kier molecular flexibility index (Phi) is 8.12. The fourth-order valence-electron chi connectivity index (χ4n) is 5.38. The molecular formula is C30H34N7O6P. The van der Waals surface area contributed by atoms with Crippen molar-refractivity contribution in [3.8, 4) is 0 Å². The van der Waals surface area contributed by atoms with E-state index in [1.807, 2.05) is 22.8 Å². The number of hydrogen-bond acceptors (Lipinski definition) is 11. The maximum atomic E-state index is 13.7. The Labute approximate surface area is 254 Å². The van der Waals surface area contributed by atoms with Crippen LogP contribution in [0.25, 0.3) is 11.2 Å². The number of nitrogen functional groups attached to an aromatic ring is 1. The summed E-state index contributed by atoms with van der Waals surface area (Å²) < 4.78 is 25.6. The third-order valence-electron chi connectivity index (χ3n) is 7.83. The number of hydrogen-bond donors (Lipinski definition) is 3. The second kappa shape index (κ2) is 12.0. The van der Waals surface area contributed by atoms with E-state index in [0.717, 1.165) is 12.8 Å². The highest BCUT2D eigenvalue weighted by molar-refractivity contribution is 7.48. The summed E-state index contributed by atoms with van der Waals surface area (Å²) in [4.78, 5) is 43.2. The third kappa shape index (κ3) is 6.04. The monoisotopic (exact) mass is 619 g/mol. The van der Waals surface area contributed by atoms with Crippen LogP contribution in [0.4, 0.5) is 17.5 Å². The third-order valence-corrected chi connectivity index (χ3v) is 8.70. The average molecular weight is 620 g/mol. The minimum Gasteiger partial charge on any atom is -0.368 e. The molecule has 0 radical (unpaired) electrons. The molecule has 0 saturated heterocycles. The van der Waals surface area contributed by atoms with Crippen molar-refractivity contribution in [3.05, 3.63) is 84.7 Å². The summed E-state index contributed by atoms with van der Waals surface area (Å²) in [5, 5.41) is 4.69. The van der Waals surface area contributed by atoms with Crippen molar-refractivity contribution in [2.24, 2.45) is 5.92 Å². The van der Waals surface area contributed by atoms with E-state index in [0.29, 0.717) is 40.7 Å². The molecule has 4 aromatic rings. The van der Waals surface area contributed by atoms with Crippen molar-refractivity contribution in [2.75, 3.05) is 29.8 Å². The van der Waals surface area contributed by atoms with E-state index in [1.54, 1.807) is 67.8 Å². The first-order valence-electron chi connectivity index (χ1n) is 14.3. The minimum absolute atomic E-state index is 0.139. The first kappa shape index (κ1) is 29.8. The zero-order chi connectivity index (χ0) is 30.9. The predicted molar refractivity (Wildman–Crippen MR) is 164 cm³/mol. The number of allylic oxidation sites excluding steroid dienone is 1. The van der Waals surface area contributed by atoms with Crippen LogP contribution < -0.4 is 16.1 Å². The van der Waals surface area contributed by atoms with Crippen LogP contribution in [0.3, 0.4) is 0 Å². The van der Waals surface area contributed by atoms with Crippen molar-refractivity contribution >= 4 is 42.4 Å². The summed E-state index contributed by atoms with van der Waals surface area (Å²) in [6, 6.07) is 17.9. The van der Waals surface area contributed by atoms with E-state index < -0.39 is 19.3 Å². The highest BCUT2D eigenvalue weighted by Gasteiger charge is 2.47. The van der Waals surface area contributed by atoms with Crippen molar-refractivity contribution < 1.29 is 28.1 Å². The first-order chi connectivity index (χ1) is 21.2. The van der Waals surface area contributed by atoms with Crippen LogP contribution in [0.2, 0.25) is 0 Å². The molecule has 4 N–H and O–H groups in total. The van der Waals surface area contributed by atoms with Crippen LogP contribution in [0.15, 0.2) is 79.1 Å². The summed E-state index contributed by atoms with van der Waals surface area (Å²) in [7, 11) is -3.42. The number of nitrogens with zero attached hydrogens (tertiary/aromatic N) is 5. The molecule has 14 heteroatoms. The van der Waals surface area contributed by atoms with Gasteiger partial charge >= 0.3 is 13.8 Å². The van der Waals surface area contributed by atoms with Crippen molar-refractivity contribution in [1.29, 1.82) is 0 Å². The van der Waals surface area contributed by atoms with Crippen molar-refractivity contribution in [1.82, 2.24) is 19.5 Å². The molecule has 230 valence electrons. The molecule has 2 aliphatic rings. The summed E-state index contributed by atoms with van der Waals surface area (Å²) in [6.45, 7) is 1.41. The number of hydroxylamine groups is 1. The second-order valence-electron chi connectivity index (χ2n) is 11.0. The molecule has 13 nitrogen and oxygen atoms in total. The molecule has 4 atom stereocenters. The van der Waals surface area contributed by atoms with E-state index in [1.165, 1.54) is 12.2 Å². The SMILES string of the molecule is CON(c1ccccc1)[C@@](C)(C(=O)OP(=O)(O)OC[C@@H]1C=C[C@H](n2cnc3c(NC4CC4)nc(N)nc32)C1)c1ccccc1. The zero-order valence-corrected chi connectivity index (χ0v) is 25.2. The van der Waals surface area contributed by atoms with Gasteiger partial charge in [0, 0.05) is 12.0 Å². The molecule has 6 rings (SSSR count). The van der Waals surface area contributed by atoms with Crippen molar-refractivity contribution in [2.45, 2.75) is 43.8 Å². The minimum atomic E-state index is -4.83. The van der Waals surface area contributed by atoms with Crippen LogP contribution in [0, 0.1) is 5.92 Å². The van der Waals surface area contributed by atoms with Crippen LogP contribution >= 0.6 is 7.82 Å². The van der Waals surface area contributed by atoms with Gasteiger partial charge in [-0.3, -0.25) is 14.3 Å². The van der Waals surface area contributed by atoms with E-state index in [-0.39, 0.29) is 24.5 Å². The van der Waals surface area contributed by atoms with Gasteiger partial charge in [-0.25, -0.2) is 19.4 Å². The van der Waals surface area contributed by atoms with Gasteiger partial charge in [0.1, 0.15) is 0 Å². The summed E-state index contributed by atoms with van der Waals surface area (Å²) >= 11 is 0. The number of imidazole rings is 1. The summed E-state index contributed by atoms with van der Waals surface area (Å²) in [5.41, 5.74) is 6.62. The Morgan fingerprint density at radius 1 is 1.14 bits per heavy atom. The molecule has 2 aromatic carbocycles. The van der Waals surface area contributed by atoms with E-state index in [9.17, 15) is 14.3 Å². The lowest BCUT2D eigenvalue weighted by molar-refractivity contribution is -0.145. The fraction of sp³-hybridized carbons (Fsp3) is 0.333. The number of para-hydroxylation sites is 1.